The number of aryl methyl sites for hydroxylation is 1. The van der Waals surface area contributed by atoms with Gasteiger partial charge in [0.15, 0.2) is 0 Å². The molecule has 3 aromatic rings. The SMILES string of the molecule is Cc1ccc(NC(=O)Cn2c3c(sc2=O)[C@@H](c2ccc(O)cc2)[C@H]2C(=O)NC(=O)[C@H]2S3)cc1. The Morgan fingerprint density at radius 1 is 1.06 bits per heavy atom. The smallest absolute Gasteiger partial charge is 0.308 e. The average Bonchev–Trinajstić information content (AvgIpc) is 3.24. The number of aromatic hydroxyl groups is 1. The van der Waals surface area contributed by atoms with Crippen molar-refractivity contribution in [2.45, 2.75) is 29.7 Å². The second-order valence-electron chi connectivity index (χ2n) is 8.02. The Morgan fingerprint density at radius 2 is 1.76 bits per heavy atom. The normalized spacial score (nSPS) is 21.3. The van der Waals surface area contributed by atoms with Crippen LogP contribution < -0.4 is 15.5 Å². The third kappa shape index (κ3) is 3.85. The maximum atomic E-state index is 12.9. The molecule has 5 rings (SSSR count). The minimum absolute atomic E-state index is 0.0752. The van der Waals surface area contributed by atoms with E-state index in [1.807, 2.05) is 19.1 Å². The predicted octanol–water partition coefficient (Wildman–Crippen LogP) is 2.44. The molecule has 0 saturated carbocycles. The fourth-order valence-corrected chi connectivity index (χ4v) is 6.94. The zero-order chi connectivity index (χ0) is 23.3. The standard InChI is InChI=1S/C23H19N3O5S2/c1-11-2-6-13(7-3-11)24-15(28)10-26-22-19(33-23(26)31)16(12-4-8-14(27)9-5-12)17-18(32-22)21(30)25-20(17)29/h2-9,16-18,27H,10H2,1H3,(H,24,28)(H,25,29,30)/t16-,17+,18-/m0/s1. The molecule has 0 aliphatic carbocycles. The summed E-state index contributed by atoms with van der Waals surface area (Å²) in [6.45, 7) is 1.74. The summed E-state index contributed by atoms with van der Waals surface area (Å²) in [5.74, 6) is -2.28. The number of hydrogen-bond acceptors (Lipinski definition) is 7. The molecule has 1 aromatic heterocycles. The van der Waals surface area contributed by atoms with E-state index in [4.69, 9.17) is 0 Å². The minimum atomic E-state index is -0.704. The summed E-state index contributed by atoms with van der Waals surface area (Å²) in [5, 5.41) is 14.7. The Kier molecular flexibility index (Phi) is 5.34. The van der Waals surface area contributed by atoms with Crippen LogP contribution in [0, 0.1) is 12.8 Å². The molecule has 3 amide bonds. The maximum absolute atomic E-state index is 12.9. The van der Waals surface area contributed by atoms with Gasteiger partial charge in [0, 0.05) is 16.5 Å². The summed E-state index contributed by atoms with van der Waals surface area (Å²) in [4.78, 5) is 51.1. The lowest BCUT2D eigenvalue weighted by atomic mass is 9.83. The van der Waals surface area contributed by atoms with Crippen molar-refractivity contribution in [3.05, 3.63) is 74.2 Å². The monoisotopic (exact) mass is 481 g/mol. The molecular formula is C23H19N3O5S2. The van der Waals surface area contributed by atoms with E-state index >= 15 is 0 Å². The molecule has 0 spiro atoms. The van der Waals surface area contributed by atoms with Gasteiger partial charge in [-0.3, -0.25) is 29.1 Å². The third-order valence-electron chi connectivity index (χ3n) is 5.78. The van der Waals surface area contributed by atoms with Gasteiger partial charge in [-0.05, 0) is 36.8 Å². The molecule has 8 nitrogen and oxygen atoms in total. The van der Waals surface area contributed by atoms with Crippen LogP contribution in [0.1, 0.15) is 21.9 Å². The van der Waals surface area contributed by atoms with E-state index in [0.717, 1.165) is 28.7 Å². The summed E-state index contributed by atoms with van der Waals surface area (Å²) in [7, 11) is 0. The van der Waals surface area contributed by atoms with Gasteiger partial charge in [0.25, 0.3) is 0 Å². The molecule has 3 heterocycles. The number of anilines is 1. The number of thioether (sulfide) groups is 1. The first kappa shape index (κ1) is 21.5. The summed E-state index contributed by atoms with van der Waals surface area (Å²) in [6, 6.07) is 13.7. The van der Waals surface area contributed by atoms with Crippen molar-refractivity contribution in [1.82, 2.24) is 9.88 Å². The summed E-state index contributed by atoms with van der Waals surface area (Å²) < 4.78 is 1.37. The number of fused-ring (bicyclic) bond motifs is 2. The minimum Gasteiger partial charge on any atom is -0.508 e. The Labute approximate surface area is 196 Å². The predicted molar refractivity (Wildman–Crippen MR) is 125 cm³/mol. The number of hydrogen-bond donors (Lipinski definition) is 3. The van der Waals surface area contributed by atoms with Crippen LogP contribution in [0.2, 0.25) is 0 Å². The topological polar surface area (TPSA) is 118 Å². The van der Waals surface area contributed by atoms with E-state index in [2.05, 4.69) is 10.6 Å². The zero-order valence-corrected chi connectivity index (χ0v) is 19.0. The van der Waals surface area contributed by atoms with Gasteiger partial charge < -0.3 is 10.4 Å². The molecule has 2 aliphatic rings. The van der Waals surface area contributed by atoms with Crippen LogP contribution in [-0.4, -0.2) is 32.6 Å². The molecule has 1 saturated heterocycles. The van der Waals surface area contributed by atoms with E-state index in [-0.39, 0.29) is 29.0 Å². The summed E-state index contributed by atoms with van der Waals surface area (Å²) in [6.07, 6.45) is 0. The van der Waals surface area contributed by atoms with Crippen LogP contribution in [0.3, 0.4) is 0 Å². The van der Waals surface area contributed by atoms with Gasteiger partial charge in [-0.2, -0.15) is 0 Å². The summed E-state index contributed by atoms with van der Waals surface area (Å²) in [5.41, 5.74) is 2.40. The largest absolute Gasteiger partial charge is 0.508 e. The molecule has 33 heavy (non-hydrogen) atoms. The number of imide groups is 1. The number of phenolic OH excluding ortho intramolecular Hbond substituents is 1. The van der Waals surface area contributed by atoms with Crippen molar-refractivity contribution in [2.24, 2.45) is 5.92 Å². The quantitative estimate of drug-likeness (QED) is 0.493. The number of amides is 3. The number of nitrogens with one attached hydrogen (secondary N) is 2. The van der Waals surface area contributed by atoms with Crippen molar-refractivity contribution in [3.8, 4) is 5.75 Å². The Hall–Kier alpha value is -3.37. The van der Waals surface area contributed by atoms with Gasteiger partial charge in [-0.15, -0.1) is 0 Å². The number of phenols is 1. The van der Waals surface area contributed by atoms with Crippen molar-refractivity contribution in [2.75, 3.05) is 5.32 Å². The highest BCUT2D eigenvalue weighted by atomic mass is 32.2. The van der Waals surface area contributed by atoms with Crippen molar-refractivity contribution < 1.29 is 19.5 Å². The second kappa shape index (κ2) is 8.20. The fraction of sp³-hybridized carbons (Fsp3) is 0.217. The van der Waals surface area contributed by atoms with Crippen molar-refractivity contribution >= 4 is 46.5 Å². The highest BCUT2D eigenvalue weighted by Crippen LogP contribution is 2.51. The van der Waals surface area contributed by atoms with Crippen LogP contribution in [0.4, 0.5) is 5.69 Å². The molecule has 3 N–H and O–H groups in total. The van der Waals surface area contributed by atoms with Crippen LogP contribution in [0.5, 0.6) is 5.75 Å². The van der Waals surface area contributed by atoms with E-state index in [1.165, 1.54) is 16.7 Å². The third-order valence-corrected chi connectivity index (χ3v) is 8.39. The number of thiazole rings is 1. The number of benzene rings is 2. The van der Waals surface area contributed by atoms with Gasteiger partial charge in [0.05, 0.1) is 10.9 Å². The first-order valence-corrected chi connectivity index (χ1v) is 11.9. The maximum Gasteiger partial charge on any atom is 0.308 e. The van der Waals surface area contributed by atoms with Crippen molar-refractivity contribution in [3.63, 3.8) is 0 Å². The first-order chi connectivity index (χ1) is 15.8. The first-order valence-electron chi connectivity index (χ1n) is 10.2. The zero-order valence-electron chi connectivity index (χ0n) is 17.4. The van der Waals surface area contributed by atoms with Crippen LogP contribution in [0.25, 0.3) is 0 Å². The van der Waals surface area contributed by atoms with Gasteiger partial charge in [-0.25, -0.2) is 0 Å². The fourth-order valence-electron chi connectivity index (χ4n) is 4.20. The molecule has 10 heteroatoms. The molecular weight excluding hydrogens is 462 g/mol. The van der Waals surface area contributed by atoms with E-state index < -0.39 is 23.0 Å². The molecule has 2 aromatic carbocycles. The van der Waals surface area contributed by atoms with E-state index in [9.17, 15) is 24.3 Å². The lowest BCUT2D eigenvalue weighted by Gasteiger charge is -2.30. The van der Waals surface area contributed by atoms with Gasteiger partial charge in [-0.1, -0.05) is 52.9 Å². The van der Waals surface area contributed by atoms with Crippen LogP contribution in [0.15, 0.2) is 58.4 Å². The number of aromatic nitrogens is 1. The second-order valence-corrected chi connectivity index (χ2v) is 10.1. The van der Waals surface area contributed by atoms with Crippen LogP contribution >= 0.6 is 23.1 Å². The molecule has 3 atom stereocenters. The van der Waals surface area contributed by atoms with E-state index in [1.54, 1.807) is 24.3 Å². The number of carbonyl (C=O) groups is 3. The Balaban J connectivity index is 1.52. The highest BCUT2D eigenvalue weighted by molar-refractivity contribution is 8.00. The Bertz CT molecular complexity index is 1330. The lowest BCUT2D eigenvalue weighted by Crippen LogP contribution is -2.32. The van der Waals surface area contributed by atoms with Crippen LogP contribution in [-0.2, 0) is 20.9 Å². The molecule has 0 bridgehead atoms. The highest BCUT2D eigenvalue weighted by Gasteiger charge is 2.52. The number of carbonyl (C=O) groups excluding carboxylic acids is 3. The van der Waals surface area contributed by atoms with Gasteiger partial charge >= 0.3 is 4.87 Å². The number of nitrogens with zero attached hydrogens (tertiary/aromatic N) is 1. The molecule has 2 aliphatic heterocycles. The molecule has 0 unspecified atom stereocenters. The van der Waals surface area contributed by atoms with Crippen molar-refractivity contribution in [1.29, 1.82) is 0 Å². The Morgan fingerprint density at radius 3 is 2.45 bits per heavy atom. The average molecular weight is 482 g/mol. The van der Waals surface area contributed by atoms with Gasteiger partial charge in [0.1, 0.15) is 17.5 Å². The molecule has 0 radical (unpaired) electrons. The summed E-state index contributed by atoms with van der Waals surface area (Å²) >= 11 is 2.13. The molecule has 168 valence electrons. The lowest BCUT2D eigenvalue weighted by molar-refractivity contribution is -0.126. The van der Waals surface area contributed by atoms with E-state index in [0.29, 0.717) is 21.2 Å². The molecule has 1 fully saturated rings. The number of rotatable bonds is 4. The van der Waals surface area contributed by atoms with Gasteiger partial charge in [0.2, 0.25) is 17.7 Å².